The van der Waals surface area contributed by atoms with Crippen LogP contribution in [0, 0.1) is 5.82 Å². The number of nitrogens with zero attached hydrogens (tertiary/aromatic N) is 2. The SMILES string of the molecule is CCc1ncnc(N[C@H]2CCO[C@H](c3ccccc3)C2)c1F. The minimum Gasteiger partial charge on any atom is -0.373 e. The van der Waals surface area contributed by atoms with Gasteiger partial charge in [0.15, 0.2) is 11.6 Å². The minimum absolute atomic E-state index is 0.0444. The van der Waals surface area contributed by atoms with E-state index in [-0.39, 0.29) is 18.0 Å². The van der Waals surface area contributed by atoms with E-state index in [1.807, 2.05) is 25.1 Å². The molecule has 1 N–H and O–H groups in total. The number of hydrogen-bond acceptors (Lipinski definition) is 4. The highest BCUT2D eigenvalue weighted by Crippen LogP contribution is 2.29. The van der Waals surface area contributed by atoms with Gasteiger partial charge in [0, 0.05) is 12.6 Å². The molecule has 1 aromatic heterocycles. The van der Waals surface area contributed by atoms with Gasteiger partial charge in [0.05, 0.1) is 11.8 Å². The van der Waals surface area contributed by atoms with Crippen LogP contribution in [0.15, 0.2) is 36.7 Å². The van der Waals surface area contributed by atoms with Gasteiger partial charge >= 0.3 is 0 Å². The van der Waals surface area contributed by atoms with Gasteiger partial charge < -0.3 is 10.1 Å². The van der Waals surface area contributed by atoms with E-state index in [1.54, 1.807) is 0 Å². The Morgan fingerprint density at radius 3 is 2.86 bits per heavy atom. The van der Waals surface area contributed by atoms with Crippen molar-refractivity contribution in [3.05, 3.63) is 53.7 Å². The van der Waals surface area contributed by atoms with Crippen molar-refractivity contribution in [1.82, 2.24) is 9.97 Å². The third-order valence-electron chi connectivity index (χ3n) is 3.99. The lowest BCUT2D eigenvalue weighted by molar-refractivity contribution is 0.00969. The maximum absolute atomic E-state index is 14.2. The molecule has 3 rings (SSSR count). The van der Waals surface area contributed by atoms with Crippen molar-refractivity contribution in [3.8, 4) is 0 Å². The maximum Gasteiger partial charge on any atom is 0.186 e. The Bertz CT molecular complexity index is 621. The van der Waals surface area contributed by atoms with Crippen molar-refractivity contribution in [2.75, 3.05) is 11.9 Å². The van der Waals surface area contributed by atoms with Crippen LogP contribution in [0.3, 0.4) is 0 Å². The molecule has 1 aliphatic heterocycles. The van der Waals surface area contributed by atoms with Crippen LogP contribution >= 0.6 is 0 Å². The molecule has 1 saturated heterocycles. The number of anilines is 1. The number of halogens is 1. The summed E-state index contributed by atoms with van der Waals surface area (Å²) in [6.07, 6.45) is 3.66. The highest BCUT2D eigenvalue weighted by atomic mass is 19.1. The number of ether oxygens (including phenoxy) is 1. The van der Waals surface area contributed by atoms with Gasteiger partial charge in [-0.15, -0.1) is 0 Å². The molecule has 2 heterocycles. The van der Waals surface area contributed by atoms with E-state index >= 15 is 0 Å². The van der Waals surface area contributed by atoms with E-state index < -0.39 is 0 Å². The Morgan fingerprint density at radius 2 is 2.09 bits per heavy atom. The lowest BCUT2D eigenvalue weighted by Crippen LogP contribution is -2.31. The van der Waals surface area contributed by atoms with Crippen LogP contribution in [0.2, 0.25) is 0 Å². The first-order valence-corrected chi connectivity index (χ1v) is 7.70. The standard InChI is InChI=1S/C17H20FN3O/c1-2-14-16(18)17(20-11-19-14)21-13-8-9-22-15(10-13)12-6-4-3-5-7-12/h3-7,11,13,15H,2,8-10H2,1H3,(H,19,20,21)/t13-,15-/m0/s1. The maximum atomic E-state index is 14.2. The number of aromatic nitrogens is 2. The predicted octanol–water partition coefficient (Wildman–Crippen LogP) is 3.51. The van der Waals surface area contributed by atoms with Crippen molar-refractivity contribution >= 4 is 5.82 Å². The lowest BCUT2D eigenvalue weighted by atomic mass is 9.97. The molecule has 0 aliphatic carbocycles. The summed E-state index contributed by atoms with van der Waals surface area (Å²) in [5.74, 6) is -0.0432. The van der Waals surface area contributed by atoms with Crippen LogP contribution in [0.5, 0.6) is 0 Å². The topological polar surface area (TPSA) is 47.0 Å². The molecular formula is C17H20FN3O. The van der Waals surface area contributed by atoms with Crippen LogP contribution in [0.1, 0.15) is 37.1 Å². The summed E-state index contributed by atoms with van der Waals surface area (Å²) in [6.45, 7) is 2.54. The first-order chi connectivity index (χ1) is 10.8. The van der Waals surface area contributed by atoms with Crippen LogP contribution in [0.25, 0.3) is 0 Å². The van der Waals surface area contributed by atoms with Crippen molar-refractivity contribution in [2.45, 2.75) is 38.3 Å². The molecule has 2 aromatic rings. The second-order valence-electron chi connectivity index (χ2n) is 5.47. The molecule has 0 spiro atoms. The molecule has 1 aromatic carbocycles. The monoisotopic (exact) mass is 301 g/mol. The Hall–Kier alpha value is -2.01. The Morgan fingerprint density at radius 1 is 1.27 bits per heavy atom. The zero-order valence-electron chi connectivity index (χ0n) is 12.6. The van der Waals surface area contributed by atoms with Crippen LogP contribution in [-0.2, 0) is 11.2 Å². The molecule has 116 valence electrons. The summed E-state index contributed by atoms with van der Waals surface area (Å²) < 4.78 is 20.1. The van der Waals surface area contributed by atoms with E-state index in [9.17, 15) is 4.39 Å². The smallest absolute Gasteiger partial charge is 0.186 e. The van der Waals surface area contributed by atoms with Crippen LogP contribution in [-0.4, -0.2) is 22.6 Å². The molecular weight excluding hydrogens is 281 g/mol. The predicted molar refractivity (Wildman–Crippen MR) is 83.1 cm³/mol. The molecule has 0 unspecified atom stereocenters. The Balaban J connectivity index is 1.71. The summed E-state index contributed by atoms with van der Waals surface area (Å²) in [4.78, 5) is 8.00. The second-order valence-corrected chi connectivity index (χ2v) is 5.47. The quantitative estimate of drug-likeness (QED) is 0.938. The average molecular weight is 301 g/mol. The summed E-state index contributed by atoms with van der Waals surface area (Å²) >= 11 is 0. The number of hydrogen-bond donors (Lipinski definition) is 1. The molecule has 22 heavy (non-hydrogen) atoms. The molecule has 1 aliphatic rings. The number of nitrogens with one attached hydrogen (secondary N) is 1. The minimum atomic E-state index is -0.340. The molecule has 5 heteroatoms. The van der Waals surface area contributed by atoms with Gasteiger partial charge in [0.25, 0.3) is 0 Å². The molecule has 0 radical (unpaired) electrons. The summed E-state index contributed by atoms with van der Waals surface area (Å²) in [5.41, 5.74) is 1.61. The van der Waals surface area contributed by atoms with E-state index in [2.05, 4.69) is 27.4 Å². The number of rotatable bonds is 4. The van der Waals surface area contributed by atoms with Crippen LogP contribution in [0.4, 0.5) is 10.2 Å². The van der Waals surface area contributed by atoms with E-state index in [4.69, 9.17) is 4.74 Å². The second kappa shape index (κ2) is 6.83. The molecule has 1 fully saturated rings. The lowest BCUT2D eigenvalue weighted by Gasteiger charge is -2.30. The highest BCUT2D eigenvalue weighted by Gasteiger charge is 2.25. The van der Waals surface area contributed by atoms with Crippen molar-refractivity contribution in [3.63, 3.8) is 0 Å². The van der Waals surface area contributed by atoms with Gasteiger partial charge in [-0.05, 0) is 24.8 Å². The molecule has 0 amide bonds. The highest BCUT2D eigenvalue weighted by molar-refractivity contribution is 5.38. The summed E-state index contributed by atoms with van der Waals surface area (Å²) in [6, 6.07) is 10.3. The zero-order chi connectivity index (χ0) is 15.4. The van der Waals surface area contributed by atoms with E-state index in [0.717, 1.165) is 18.4 Å². The third-order valence-corrected chi connectivity index (χ3v) is 3.99. The van der Waals surface area contributed by atoms with Crippen molar-refractivity contribution in [2.24, 2.45) is 0 Å². The van der Waals surface area contributed by atoms with E-state index in [1.165, 1.54) is 6.33 Å². The summed E-state index contributed by atoms with van der Waals surface area (Å²) in [5, 5.41) is 3.22. The zero-order valence-corrected chi connectivity index (χ0v) is 12.6. The fraction of sp³-hybridized carbons (Fsp3) is 0.412. The largest absolute Gasteiger partial charge is 0.373 e. The average Bonchev–Trinajstić information content (AvgIpc) is 2.58. The van der Waals surface area contributed by atoms with E-state index in [0.29, 0.717) is 24.5 Å². The number of benzene rings is 1. The fourth-order valence-electron chi connectivity index (χ4n) is 2.77. The molecule has 0 bridgehead atoms. The van der Waals surface area contributed by atoms with Gasteiger partial charge in [-0.2, -0.15) is 0 Å². The first-order valence-electron chi connectivity index (χ1n) is 7.70. The Labute approximate surface area is 129 Å². The van der Waals surface area contributed by atoms with Gasteiger partial charge in [-0.1, -0.05) is 37.3 Å². The van der Waals surface area contributed by atoms with Crippen molar-refractivity contribution < 1.29 is 9.13 Å². The molecule has 4 nitrogen and oxygen atoms in total. The van der Waals surface area contributed by atoms with Crippen LogP contribution < -0.4 is 5.32 Å². The first kappa shape index (κ1) is 14.9. The summed E-state index contributed by atoms with van der Waals surface area (Å²) in [7, 11) is 0. The van der Waals surface area contributed by atoms with Crippen molar-refractivity contribution in [1.29, 1.82) is 0 Å². The normalized spacial score (nSPS) is 21.5. The van der Waals surface area contributed by atoms with Gasteiger partial charge in [-0.25, -0.2) is 14.4 Å². The van der Waals surface area contributed by atoms with Gasteiger partial charge in [-0.3, -0.25) is 0 Å². The molecule has 0 saturated carbocycles. The molecule has 2 atom stereocenters. The fourth-order valence-corrected chi connectivity index (χ4v) is 2.77. The van der Waals surface area contributed by atoms with Gasteiger partial charge in [0.2, 0.25) is 0 Å². The Kier molecular flexibility index (Phi) is 4.63. The van der Waals surface area contributed by atoms with Gasteiger partial charge in [0.1, 0.15) is 6.33 Å². The third kappa shape index (κ3) is 3.25. The number of aryl methyl sites for hydroxylation is 1.